The molecule has 7 aromatic carbocycles. The maximum atomic E-state index is 2.54. The van der Waals surface area contributed by atoms with Gasteiger partial charge in [0.2, 0.25) is 0 Å². The number of anilines is 2. The molecule has 254 valence electrons. The van der Waals surface area contributed by atoms with Crippen molar-refractivity contribution in [2.75, 3.05) is 4.90 Å². The van der Waals surface area contributed by atoms with Crippen molar-refractivity contribution < 1.29 is 0 Å². The summed E-state index contributed by atoms with van der Waals surface area (Å²) in [5.41, 5.74) is 19.3. The number of fused-ring (bicyclic) bond motifs is 5. The summed E-state index contributed by atoms with van der Waals surface area (Å²) in [5, 5.41) is 0. The van der Waals surface area contributed by atoms with E-state index in [0.29, 0.717) is 0 Å². The minimum atomic E-state index is -0.459. The van der Waals surface area contributed by atoms with Gasteiger partial charge >= 0.3 is 0 Å². The molecule has 0 radical (unpaired) electrons. The summed E-state index contributed by atoms with van der Waals surface area (Å²) in [4.78, 5) is 2.54. The Balaban J connectivity index is 1.20. The average molecular weight is 680 g/mol. The van der Waals surface area contributed by atoms with Gasteiger partial charge in [-0.15, -0.1) is 0 Å². The third kappa shape index (κ3) is 4.77. The Morgan fingerprint density at radius 3 is 1.64 bits per heavy atom. The molecule has 53 heavy (non-hydrogen) atoms. The van der Waals surface area contributed by atoms with Gasteiger partial charge in [0.15, 0.2) is 0 Å². The van der Waals surface area contributed by atoms with E-state index in [4.69, 9.17) is 0 Å². The lowest BCUT2D eigenvalue weighted by Crippen LogP contribution is -2.29. The summed E-state index contributed by atoms with van der Waals surface area (Å²) < 4.78 is 0. The van der Waals surface area contributed by atoms with Crippen molar-refractivity contribution in [1.29, 1.82) is 0 Å². The number of benzene rings is 7. The molecule has 0 saturated heterocycles. The summed E-state index contributed by atoms with van der Waals surface area (Å²) in [7, 11) is 0. The van der Waals surface area contributed by atoms with Gasteiger partial charge in [0.05, 0.1) is 5.41 Å². The highest BCUT2D eigenvalue weighted by Crippen LogP contribution is 2.58. The van der Waals surface area contributed by atoms with Crippen molar-refractivity contribution in [3.8, 4) is 22.3 Å². The Morgan fingerprint density at radius 1 is 0.434 bits per heavy atom. The first kappa shape index (κ1) is 31.5. The summed E-state index contributed by atoms with van der Waals surface area (Å²) in [6.07, 6.45) is 4.51. The maximum absolute atomic E-state index is 2.54. The second kappa shape index (κ2) is 12.2. The number of nitrogens with zero attached hydrogens (tertiary/aromatic N) is 1. The van der Waals surface area contributed by atoms with Crippen LogP contribution in [-0.2, 0) is 10.8 Å². The average Bonchev–Trinajstić information content (AvgIpc) is 3.65. The number of rotatable bonds is 6. The van der Waals surface area contributed by atoms with E-state index < -0.39 is 5.41 Å². The molecular weight excluding hydrogens is 639 g/mol. The van der Waals surface area contributed by atoms with Crippen LogP contribution in [0.25, 0.3) is 27.8 Å². The molecule has 0 spiro atoms. The monoisotopic (exact) mass is 679 g/mol. The fourth-order valence-corrected chi connectivity index (χ4v) is 9.65. The van der Waals surface area contributed by atoms with E-state index in [2.05, 4.69) is 207 Å². The highest BCUT2D eigenvalue weighted by atomic mass is 15.1. The predicted molar refractivity (Wildman–Crippen MR) is 221 cm³/mol. The first-order valence-electron chi connectivity index (χ1n) is 18.9. The van der Waals surface area contributed by atoms with Crippen LogP contribution in [0.2, 0.25) is 0 Å². The summed E-state index contributed by atoms with van der Waals surface area (Å²) in [6, 6.07) is 67.4. The van der Waals surface area contributed by atoms with E-state index in [1.54, 1.807) is 0 Å². The lowest BCUT2D eigenvalue weighted by Gasteiger charge is -2.36. The van der Waals surface area contributed by atoms with E-state index in [1.165, 1.54) is 83.9 Å². The lowest BCUT2D eigenvalue weighted by atomic mass is 9.67. The van der Waals surface area contributed by atoms with Crippen molar-refractivity contribution in [2.45, 2.75) is 37.5 Å². The molecular formula is C52H41N. The Kier molecular flexibility index (Phi) is 7.27. The van der Waals surface area contributed by atoms with Crippen LogP contribution >= 0.6 is 0 Å². The van der Waals surface area contributed by atoms with Crippen molar-refractivity contribution in [3.63, 3.8) is 0 Å². The molecule has 1 heteroatoms. The third-order valence-corrected chi connectivity index (χ3v) is 12.1. The molecule has 0 fully saturated rings. The first-order chi connectivity index (χ1) is 26.0. The molecule has 0 amide bonds. The van der Waals surface area contributed by atoms with Gasteiger partial charge in [0.1, 0.15) is 0 Å². The van der Waals surface area contributed by atoms with E-state index in [-0.39, 0.29) is 5.41 Å². The van der Waals surface area contributed by atoms with E-state index in [0.717, 1.165) is 12.8 Å². The first-order valence-corrected chi connectivity index (χ1v) is 18.9. The van der Waals surface area contributed by atoms with Crippen LogP contribution in [0, 0.1) is 0 Å². The van der Waals surface area contributed by atoms with Gasteiger partial charge in [-0.05, 0) is 110 Å². The standard InChI is InChI=1S/C52H41N/c1-51(2)47-24-14-12-22-43(47)45-32-30-41(34-49(45)51)53(40-28-26-37(27-29-40)36-16-6-3-7-17-36)42-31-33-46-44-23-13-15-25-48(44)52(50(46)35-42,38-18-8-4-9-19-38)39-20-10-5-11-21-39/h3-29,31,33-35H,30,32H2,1-2H3. The minimum Gasteiger partial charge on any atom is -0.314 e. The van der Waals surface area contributed by atoms with Gasteiger partial charge in [0.25, 0.3) is 0 Å². The normalized spacial score (nSPS) is 15.9. The molecule has 0 unspecified atom stereocenters. The Hall–Kier alpha value is -6.18. The largest absolute Gasteiger partial charge is 0.314 e. The number of hydrogen-bond donors (Lipinski definition) is 0. The fraction of sp³-hybridized carbons (Fsp3) is 0.115. The van der Waals surface area contributed by atoms with Gasteiger partial charge < -0.3 is 4.90 Å². The van der Waals surface area contributed by atoms with E-state index in [1.807, 2.05) is 0 Å². The van der Waals surface area contributed by atoms with Crippen LogP contribution in [0.1, 0.15) is 60.1 Å². The predicted octanol–water partition coefficient (Wildman–Crippen LogP) is 13.3. The topological polar surface area (TPSA) is 3.24 Å². The highest BCUT2D eigenvalue weighted by molar-refractivity contribution is 5.90. The van der Waals surface area contributed by atoms with Gasteiger partial charge in [0, 0.05) is 22.5 Å². The van der Waals surface area contributed by atoms with E-state index in [9.17, 15) is 0 Å². The molecule has 0 bridgehead atoms. The molecule has 0 aromatic heterocycles. The third-order valence-electron chi connectivity index (χ3n) is 12.1. The molecule has 0 aliphatic heterocycles. The lowest BCUT2D eigenvalue weighted by molar-refractivity contribution is 0.648. The van der Waals surface area contributed by atoms with Crippen LogP contribution in [0.5, 0.6) is 0 Å². The number of hydrogen-bond acceptors (Lipinski definition) is 1. The quantitative estimate of drug-likeness (QED) is 0.169. The molecule has 3 aliphatic carbocycles. The summed E-state index contributed by atoms with van der Waals surface area (Å²) >= 11 is 0. The summed E-state index contributed by atoms with van der Waals surface area (Å²) in [5.74, 6) is 0. The zero-order valence-corrected chi connectivity index (χ0v) is 30.3. The molecule has 7 aromatic rings. The molecule has 0 N–H and O–H groups in total. The van der Waals surface area contributed by atoms with Crippen LogP contribution < -0.4 is 4.90 Å². The SMILES string of the molecule is CC1(C)C2=C(CCC(N(c3ccc(-c4ccccc4)cc3)c3ccc4c(c3)C(c3ccccc3)(c3ccccc3)c3ccccc3-4)=C2)c2ccccc21. The van der Waals surface area contributed by atoms with Crippen LogP contribution in [0.3, 0.4) is 0 Å². The fourth-order valence-electron chi connectivity index (χ4n) is 9.65. The smallest absolute Gasteiger partial charge is 0.0714 e. The second-order valence-electron chi connectivity index (χ2n) is 15.2. The Morgan fingerprint density at radius 2 is 0.962 bits per heavy atom. The molecule has 0 heterocycles. The Bertz CT molecular complexity index is 2520. The molecule has 10 rings (SSSR count). The number of allylic oxidation sites excluding steroid dienone is 4. The zero-order chi connectivity index (χ0) is 35.6. The zero-order valence-electron chi connectivity index (χ0n) is 30.3. The molecule has 1 nitrogen and oxygen atoms in total. The highest BCUT2D eigenvalue weighted by Gasteiger charge is 2.46. The minimum absolute atomic E-state index is 0.0597. The van der Waals surface area contributed by atoms with Gasteiger partial charge in [-0.25, -0.2) is 0 Å². The van der Waals surface area contributed by atoms with E-state index >= 15 is 0 Å². The molecule has 0 saturated carbocycles. The second-order valence-corrected chi connectivity index (χ2v) is 15.2. The van der Waals surface area contributed by atoms with Crippen molar-refractivity contribution in [3.05, 3.63) is 233 Å². The van der Waals surface area contributed by atoms with Gasteiger partial charge in [-0.2, -0.15) is 0 Å². The van der Waals surface area contributed by atoms with Crippen LogP contribution in [0.15, 0.2) is 199 Å². The van der Waals surface area contributed by atoms with Crippen molar-refractivity contribution in [1.82, 2.24) is 0 Å². The molecule has 3 aliphatic rings. The van der Waals surface area contributed by atoms with Gasteiger partial charge in [-0.3, -0.25) is 0 Å². The van der Waals surface area contributed by atoms with Crippen LogP contribution in [-0.4, -0.2) is 0 Å². The molecule has 0 atom stereocenters. The van der Waals surface area contributed by atoms with Gasteiger partial charge in [-0.1, -0.05) is 172 Å². The summed E-state index contributed by atoms with van der Waals surface area (Å²) in [6.45, 7) is 4.79. The maximum Gasteiger partial charge on any atom is 0.0714 e. The van der Waals surface area contributed by atoms with Crippen molar-refractivity contribution in [2.24, 2.45) is 0 Å². The Labute approximate surface area is 313 Å². The van der Waals surface area contributed by atoms with Crippen molar-refractivity contribution >= 4 is 16.9 Å². The van der Waals surface area contributed by atoms with Crippen LogP contribution in [0.4, 0.5) is 11.4 Å².